The lowest BCUT2D eigenvalue weighted by atomic mass is 9.94. The van der Waals surface area contributed by atoms with Crippen molar-refractivity contribution in [3.63, 3.8) is 0 Å². The molecule has 110 valence electrons. The van der Waals surface area contributed by atoms with Crippen molar-refractivity contribution in [1.82, 2.24) is 4.98 Å². The molecular weight excluding hydrogens is 300 g/mol. The van der Waals surface area contributed by atoms with Crippen LogP contribution in [0, 0.1) is 22.9 Å². The van der Waals surface area contributed by atoms with Gasteiger partial charge in [0.2, 0.25) is 0 Å². The van der Waals surface area contributed by atoms with Crippen molar-refractivity contribution >= 4 is 12.2 Å². The highest BCUT2D eigenvalue weighted by Gasteiger charge is 2.25. The number of nitriles is 1. The first-order chi connectivity index (χ1) is 11.2. The van der Waals surface area contributed by atoms with Gasteiger partial charge in [-0.3, -0.25) is 0 Å². The van der Waals surface area contributed by atoms with Crippen LogP contribution in [0.25, 0.3) is 22.4 Å². The Morgan fingerprint density at radius 1 is 1.09 bits per heavy atom. The Morgan fingerprint density at radius 3 is 2.57 bits per heavy atom. The molecule has 0 amide bonds. The number of pyridine rings is 1. The van der Waals surface area contributed by atoms with Crippen LogP contribution in [0.2, 0.25) is 0 Å². The molecule has 0 unspecified atom stereocenters. The van der Waals surface area contributed by atoms with Crippen LogP contribution in [0.15, 0.2) is 48.5 Å². The van der Waals surface area contributed by atoms with Crippen molar-refractivity contribution in [2.75, 3.05) is 0 Å². The minimum atomic E-state index is 0.513. The van der Waals surface area contributed by atoms with Crippen LogP contribution in [0.4, 0.5) is 0 Å². The van der Waals surface area contributed by atoms with E-state index in [1.165, 1.54) is 22.3 Å². The minimum Gasteiger partial charge on any atom is -0.345 e. The fourth-order valence-electron chi connectivity index (χ4n) is 3.30. The van der Waals surface area contributed by atoms with Gasteiger partial charge in [0.25, 0.3) is 0 Å². The zero-order valence-electron chi connectivity index (χ0n) is 12.7. The number of aryl methyl sites for hydroxylation is 1. The first-order valence-corrected chi connectivity index (χ1v) is 7.94. The van der Waals surface area contributed by atoms with Crippen LogP contribution >= 0.6 is 12.2 Å². The maximum absolute atomic E-state index is 9.63. The monoisotopic (exact) mass is 314 g/mol. The van der Waals surface area contributed by atoms with Gasteiger partial charge in [-0.15, -0.1) is 0 Å². The largest absolute Gasteiger partial charge is 0.345 e. The van der Waals surface area contributed by atoms with Gasteiger partial charge in [-0.2, -0.15) is 5.26 Å². The number of nitrogens with zero attached hydrogens (tertiary/aromatic N) is 1. The predicted molar refractivity (Wildman–Crippen MR) is 94.8 cm³/mol. The van der Waals surface area contributed by atoms with Gasteiger partial charge in [0.05, 0.1) is 11.3 Å². The third-order valence-electron chi connectivity index (χ3n) is 4.43. The molecule has 1 heterocycles. The van der Waals surface area contributed by atoms with Crippen molar-refractivity contribution in [3.8, 4) is 28.5 Å². The summed E-state index contributed by atoms with van der Waals surface area (Å²) in [6.07, 6.45) is 0.829. The number of aromatic nitrogens is 1. The summed E-state index contributed by atoms with van der Waals surface area (Å²) in [6.45, 7) is 2.06. The molecule has 0 saturated heterocycles. The summed E-state index contributed by atoms with van der Waals surface area (Å²) in [4.78, 5) is 3.28. The second-order valence-corrected chi connectivity index (χ2v) is 6.28. The highest BCUT2D eigenvalue weighted by molar-refractivity contribution is 7.71. The van der Waals surface area contributed by atoms with Gasteiger partial charge in [0.15, 0.2) is 0 Å². The Labute approximate surface area is 140 Å². The van der Waals surface area contributed by atoms with Crippen LogP contribution in [-0.2, 0) is 6.42 Å². The average Bonchev–Trinajstić information content (AvgIpc) is 2.93. The summed E-state index contributed by atoms with van der Waals surface area (Å²) in [5, 5.41) is 9.63. The molecule has 0 bridgehead atoms. The van der Waals surface area contributed by atoms with Gasteiger partial charge in [-0.05, 0) is 23.6 Å². The molecule has 0 radical (unpaired) electrons. The smallest absolute Gasteiger partial charge is 0.122 e. The maximum Gasteiger partial charge on any atom is 0.122 e. The molecule has 0 aliphatic heterocycles. The number of benzene rings is 2. The summed E-state index contributed by atoms with van der Waals surface area (Å²) in [6, 6.07) is 18.9. The number of aromatic amines is 1. The van der Waals surface area contributed by atoms with E-state index in [0.717, 1.165) is 23.2 Å². The molecule has 1 aliphatic carbocycles. The van der Waals surface area contributed by atoms with Crippen molar-refractivity contribution in [3.05, 3.63) is 75.4 Å². The first-order valence-electron chi connectivity index (χ1n) is 7.53. The van der Waals surface area contributed by atoms with Crippen LogP contribution in [0.5, 0.6) is 0 Å². The summed E-state index contributed by atoms with van der Waals surface area (Å²) >= 11 is 5.46. The second kappa shape index (κ2) is 5.19. The normalized spacial score (nSPS) is 11.7. The van der Waals surface area contributed by atoms with E-state index in [0.29, 0.717) is 10.2 Å². The van der Waals surface area contributed by atoms with Crippen LogP contribution in [0.1, 0.15) is 22.3 Å². The average molecular weight is 314 g/mol. The van der Waals surface area contributed by atoms with E-state index in [2.05, 4.69) is 60.4 Å². The van der Waals surface area contributed by atoms with Crippen LogP contribution < -0.4 is 0 Å². The summed E-state index contributed by atoms with van der Waals surface area (Å²) in [5.74, 6) is 0. The molecule has 3 heteroatoms. The molecule has 4 rings (SSSR count). The van der Waals surface area contributed by atoms with Crippen molar-refractivity contribution in [1.29, 1.82) is 5.26 Å². The fraction of sp³-hybridized carbons (Fsp3) is 0.100. The number of H-pyrrole nitrogens is 1. The van der Waals surface area contributed by atoms with E-state index in [1.54, 1.807) is 0 Å². The molecule has 0 saturated carbocycles. The number of rotatable bonds is 1. The highest BCUT2D eigenvalue weighted by Crippen LogP contribution is 2.41. The molecule has 0 atom stereocenters. The van der Waals surface area contributed by atoms with Gasteiger partial charge in [0, 0.05) is 17.5 Å². The van der Waals surface area contributed by atoms with Crippen molar-refractivity contribution < 1.29 is 0 Å². The lowest BCUT2D eigenvalue weighted by molar-refractivity contribution is 1.20. The standard InChI is InChI=1S/C20H14N2S/c1-12-6-8-13(9-7-12)18-16-10-14-4-2-3-5-15(14)19(16)22-20(23)17(18)11-21/h2-9H,10H2,1H3,(H,22,23). The number of hydrogen-bond acceptors (Lipinski definition) is 2. The Kier molecular flexibility index (Phi) is 3.14. The van der Waals surface area contributed by atoms with Crippen molar-refractivity contribution in [2.45, 2.75) is 13.3 Å². The number of nitrogens with one attached hydrogen (secondary N) is 1. The van der Waals surface area contributed by atoms with E-state index in [-0.39, 0.29) is 0 Å². The SMILES string of the molecule is Cc1ccc(-c2c3c([nH]c(=S)c2C#N)-c2ccccc2C3)cc1. The van der Waals surface area contributed by atoms with Gasteiger partial charge in [-0.25, -0.2) is 0 Å². The lowest BCUT2D eigenvalue weighted by Crippen LogP contribution is -1.97. The predicted octanol–water partition coefficient (Wildman–Crippen LogP) is 5.16. The fourth-order valence-corrected chi connectivity index (χ4v) is 3.55. The molecular formula is C20H14N2S. The van der Waals surface area contributed by atoms with Gasteiger partial charge in [0.1, 0.15) is 10.7 Å². The van der Waals surface area contributed by atoms with Crippen LogP contribution in [-0.4, -0.2) is 4.98 Å². The van der Waals surface area contributed by atoms with E-state index in [9.17, 15) is 5.26 Å². The van der Waals surface area contributed by atoms with Gasteiger partial charge in [-0.1, -0.05) is 66.3 Å². The second-order valence-electron chi connectivity index (χ2n) is 5.87. The zero-order chi connectivity index (χ0) is 16.0. The molecule has 0 spiro atoms. The summed E-state index contributed by atoms with van der Waals surface area (Å²) < 4.78 is 0.513. The third kappa shape index (κ3) is 2.11. The van der Waals surface area contributed by atoms with Gasteiger partial charge >= 0.3 is 0 Å². The molecule has 3 aromatic rings. The molecule has 0 fully saturated rings. The van der Waals surface area contributed by atoms with Gasteiger partial charge < -0.3 is 4.98 Å². The molecule has 2 nitrogen and oxygen atoms in total. The summed E-state index contributed by atoms with van der Waals surface area (Å²) in [7, 11) is 0. The molecule has 2 aromatic carbocycles. The molecule has 1 aliphatic rings. The Bertz CT molecular complexity index is 1020. The quantitative estimate of drug-likeness (QED) is 0.493. The van der Waals surface area contributed by atoms with E-state index < -0.39 is 0 Å². The third-order valence-corrected chi connectivity index (χ3v) is 4.73. The van der Waals surface area contributed by atoms with Crippen molar-refractivity contribution in [2.24, 2.45) is 0 Å². The van der Waals surface area contributed by atoms with E-state index in [1.807, 2.05) is 6.07 Å². The Balaban J connectivity index is 2.07. The van der Waals surface area contributed by atoms with E-state index >= 15 is 0 Å². The van der Waals surface area contributed by atoms with E-state index in [4.69, 9.17) is 12.2 Å². The Morgan fingerprint density at radius 2 is 1.83 bits per heavy atom. The highest BCUT2D eigenvalue weighted by atomic mass is 32.1. The number of fused-ring (bicyclic) bond motifs is 3. The minimum absolute atomic E-state index is 0.513. The van der Waals surface area contributed by atoms with Crippen LogP contribution in [0.3, 0.4) is 0 Å². The molecule has 1 aromatic heterocycles. The summed E-state index contributed by atoms with van der Waals surface area (Å²) in [5.41, 5.74) is 8.48. The first kappa shape index (κ1) is 13.9. The topological polar surface area (TPSA) is 39.6 Å². The molecule has 23 heavy (non-hydrogen) atoms. The lowest BCUT2D eigenvalue weighted by Gasteiger charge is -2.12. The zero-order valence-corrected chi connectivity index (χ0v) is 13.5. The molecule has 1 N–H and O–H groups in total. The maximum atomic E-state index is 9.63. The number of hydrogen-bond donors (Lipinski definition) is 1. The Hall–Kier alpha value is -2.70.